The molecule has 0 unspecified atom stereocenters. The van der Waals surface area contributed by atoms with E-state index in [0.29, 0.717) is 0 Å². The Labute approximate surface area is 89.3 Å². The van der Waals surface area contributed by atoms with Crippen LogP contribution in [0.3, 0.4) is 0 Å². The van der Waals surface area contributed by atoms with E-state index in [0.717, 1.165) is 9.79 Å². The second kappa shape index (κ2) is 5.77. The van der Waals surface area contributed by atoms with Crippen LogP contribution < -0.4 is 0 Å². The van der Waals surface area contributed by atoms with Gasteiger partial charge in [0.15, 0.2) is 21.7 Å². The highest BCUT2D eigenvalue weighted by molar-refractivity contribution is 8.07. The molecule has 0 fully saturated rings. The van der Waals surface area contributed by atoms with E-state index in [-0.39, 0.29) is 16.9 Å². The summed E-state index contributed by atoms with van der Waals surface area (Å²) in [4.78, 5) is 1.81. The van der Waals surface area contributed by atoms with Crippen LogP contribution in [0.5, 0.6) is 0 Å². The average molecular weight is 248 g/mol. The van der Waals surface area contributed by atoms with E-state index >= 15 is 0 Å². The largest absolute Gasteiger partial charge is 0.273 e. The highest BCUT2D eigenvalue weighted by atomic mass is 32.2. The van der Waals surface area contributed by atoms with Gasteiger partial charge < -0.3 is 0 Å². The van der Waals surface area contributed by atoms with Gasteiger partial charge in [0.2, 0.25) is 0 Å². The molecule has 6 heteroatoms. The van der Waals surface area contributed by atoms with Crippen LogP contribution in [0.4, 0.5) is 0 Å². The fraction of sp³-hybridized carbons (Fsp3) is 0.143. The first kappa shape index (κ1) is 11.2. The summed E-state index contributed by atoms with van der Waals surface area (Å²) in [5, 5.41) is 0. The van der Waals surface area contributed by atoms with Crippen molar-refractivity contribution in [2.24, 2.45) is 0 Å². The Balaban J connectivity index is 2.68. The third-order valence-corrected chi connectivity index (χ3v) is 4.39. The van der Waals surface area contributed by atoms with Crippen LogP contribution in [0, 0.1) is 0 Å². The lowest BCUT2D eigenvalue weighted by Crippen LogP contribution is -1.78. The van der Waals surface area contributed by atoms with Crippen LogP contribution in [0.1, 0.15) is 0 Å². The van der Waals surface area contributed by atoms with Crippen LogP contribution in [-0.4, -0.2) is 4.73 Å². The van der Waals surface area contributed by atoms with Crippen LogP contribution in [0.15, 0.2) is 34.1 Å². The molecule has 0 amide bonds. The lowest BCUT2D eigenvalue weighted by atomic mass is 10.4. The van der Waals surface area contributed by atoms with Crippen LogP contribution in [0.2, 0.25) is 0 Å². The van der Waals surface area contributed by atoms with E-state index in [9.17, 15) is 9.13 Å². The van der Waals surface area contributed by atoms with Crippen molar-refractivity contribution in [1.82, 2.24) is 0 Å². The van der Waals surface area contributed by atoms with E-state index in [1.165, 1.54) is 11.8 Å². The van der Waals surface area contributed by atoms with Crippen molar-refractivity contribution in [3.05, 3.63) is 24.3 Å². The minimum Gasteiger partial charge on any atom is -0.273 e. The quantitative estimate of drug-likeness (QED) is 0.498. The first-order valence-electron chi connectivity index (χ1n) is 3.37. The molecule has 0 bridgehead atoms. The monoisotopic (exact) mass is 248 g/mol. The number of thiol groups is 1. The van der Waals surface area contributed by atoms with Crippen molar-refractivity contribution in [3.63, 3.8) is 0 Å². The third kappa shape index (κ3) is 3.78. The molecule has 0 saturated heterocycles. The maximum Gasteiger partial charge on any atom is 0.182 e. The fourth-order valence-electron chi connectivity index (χ4n) is 0.709. The van der Waals surface area contributed by atoms with E-state index in [4.69, 9.17) is 0 Å². The summed E-state index contributed by atoms with van der Waals surface area (Å²) in [6.07, 6.45) is 0. The predicted octanol–water partition coefficient (Wildman–Crippen LogP) is 3.93. The zero-order chi connectivity index (χ0) is 9.68. The van der Waals surface area contributed by atoms with Crippen molar-refractivity contribution in [2.45, 2.75) is 14.5 Å². The maximum atomic E-state index is 10.5. The lowest BCUT2D eigenvalue weighted by molar-refractivity contribution is 0.593. The molecule has 0 radical (unpaired) electrons. The Morgan fingerprint density at radius 2 is 1.69 bits per heavy atom. The van der Waals surface area contributed by atoms with Gasteiger partial charge in [-0.25, -0.2) is 0 Å². The summed E-state index contributed by atoms with van der Waals surface area (Å²) >= 11 is 5.45. The average Bonchev–Trinajstić information content (AvgIpc) is 2.17. The normalized spacial score (nSPS) is 13.3. The molecule has 0 aliphatic carbocycles. The molecule has 68 valence electrons. The van der Waals surface area contributed by atoms with Gasteiger partial charge in [-0.05, 0) is 24.3 Å². The first-order valence-corrected chi connectivity index (χ1v) is 6.46. The van der Waals surface area contributed by atoms with Crippen LogP contribution >= 0.6 is 41.3 Å². The molecule has 0 heterocycles. The minimum absolute atomic E-state index is 0.111. The standard InChI is InChI=1S/C7H6O2P2S2/c8-10-7(11-9)13-6-3-1-5(12)2-4-6/h1-4,7,12H. The highest BCUT2D eigenvalue weighted by Gasteiger charge is 2.09. The number of hydrogen-bond donors (Lipinski definition) is 1. The van der Waals surface area contributed by atoms with Crippen LogP contribution in [0.25, 0.3) is 0 Å². The summed E-state index contributed by atoms with van der Waals surface area (Å²) < 4.78 is 20.5. The Bertz CT molecular complexity index is 294. The molecular weight excluding hydrogens is 242 g/mol. The first-order chi connectivity index (χ1) is 6.26. The molecule has 0 saturated carbocycles. The van der Waals surface area contributed by atoms with Gasteiger partial charge >= 0.3 is 0 Å². The molecular formula is C7H6O2P2S2. The van der Waals surface area contributed by atoms with Gasteiger partial charge in [0.25, 0.3) is 0 Å². The third-order valence-electron chi connectivity index (χ3n) is 1.26. The van der Waals surface area contributed by atoms with E-state index < -0.39 is 4.73 Å². The number of rotatable bonds is 4. The second-order valence-corrected chi connectivity index (χ2v) is 6.40. The van der Waals surface area contributed by atoms with Crippen molar-refractivity contribution in [2.75, 3.05) is 0 Å². The topological polar surface area (TPSA) is 34.1 Å². The molecule has 1 aromatic rings. The van der Waals surface area contributed by atoms with Crippen molar-refractivity contribution < 1.29 is 9.13 Å². The second-order valence-electron chi connectivity index (χ2n) is 2.15. The molecule has 0 N–H and O–H groups in total. The van der Waals surface area contributed by atoms with Gasteiger partial charge in [-0.15, -0.1) is 12.6 Å². The Hall–Kier alpha value is 0.120. The molecule has 0 spiro atoms. The minimum atomic E-state index is -0.411. The zero-order valence-electron chi connectivity index (χ0n) is 6.45. The van der Waals surface area contributed by atoms with E-state index in [2.05, 4.69) is 12.6 Å². The Morgan fingerprint density at radius 1 is 1.15 bits per heavy atom. The SMILES string of the molecule is O=PC(P=O)Sc1ccc(S)cc1. The molecule has 1 aromatic carbocycles. The van der Waals surface area contributed by atoms with Crippen molar-refractivity contribution in [3.8, 4) is 0 Å². The van der Waals surface area contributed by atoms with Gasteiger partial charge in [0, 0.05) is 9.79 Å². The Morgan fingerprint density at radius 3 is 2.15 bits per heavy atom. The smallest absolute Gasteiger partial charge is 0.182 e. The molecule has 0 aliphatic rings. The Kier molecular flexibility index (Phi) is 4.97. The summed E-state index contributed by atoms with van der Waals surface area (Å²) in [6, 6.07) is 7.39. The van der Waals surface area contributed by atoms with Gasteiger partial charge in [0.1, 0.15) is 0 Å². The van der Waals surface area contributed by atoms with Crippen LogP contribution in [-0.2, 0) is 9.13 Å². The summed E-state index contributed by atoms with van der Waals surface area (Å²) in [5.74, 6) is 0. The van der Waals surface area contributed by atoms with Gasteiger partial charge in [-0.1, -0.05) is 11.8 Å². The summed E-state index contributed by atoms with van der Waals surface area (Å²) in [5.41, 5.74) is 0. The molecule has 0 aromatic heterocycles. The molecule has 1 rings (SSSR count). The number of hydrogen-bond acceptors (Lipinski definition) is 4. The van der Waals surface area contributed by atoms with Crippen molar-refractivity contribution in [1.29, 1.82) is 0 Å². The molecule has 2 nitrogen and oxygen atoms in total. The highest BCUT2D eigenvalue weighted by Crippen LogP contribution is 2.36. The van der Waals surface area contributed by atoms with E-state index in [1.54, 1.807) is 0 Å². The molecule has 13 heavy (non-hydrogen) atoms. The van der Waals surface area contributed by atoms with Gasteiger partial charge in [0.05, 0.1) is 0 Å². The van der Waals surface area contributed by atoms with Gasteiger partial charge in [-0.2, -0.15) is 0 Å². The number of benzene rings is 1. The van der Waals surface area contributed by atoms with E-state index in [1.807, 2.05) is 24.3 Å². The number of thioether (sulfide) groups is 1. The maximum absolute atomic E-state index is 10.5. The summed E-state index contributed by atoms with van der Waals surface area (Å²) in [7, 11) is -0.221. The predicted molar refractivity (Wildman–Crippen MR) is 58.6 cm³/mol. The fourth-order valence-corrected chi connectivity index (χ4v) is 2.62. The molecule has 0 atom stereocenters. The zero-order valence-corrected chi connectivity index (χ0v) is 9.95. The van der Waals surface area contributed by atoms with Gasteiger partial charge in [-0.3, -0.25) is 9.13 Å². The van der Waals surface area contributed by atoms with Crippen molar-refractivity contribution >= 4 is 41.3 Å². The lowest BCUT2D eigenvalue weighted by Gasteiger charge is -2.00. The summed E-state index contributed by atoms with van der Waals surface area (Å²) in [6.45, 7) is 0. The molecule has 0 aliphatic heterocycles.